The molecule has 1 aliphatic rings. The fraction of sp³-hybridized carbons (Fsp3) is 0.333. The number of hydrogen-bond donors (Lipinski definition) is 2. The molecule has 164 valence electrons. The molecule has 1 aromatic heterocycles. The topological polar surface area (TPSA) is 65.7 Å². The van der Waals surface area contributed by atoms with E-state index < -0.39 is 0 Å². The van der Waals surface area contributed by atoms with Crippen LogP contribution < -0.4 is 15.5 Å². The molecule has 0 saturated carbocycles. The molecule has 0 radical (unpaired) electrons. The number of nitrogens with zero attached hydrogens (tertiary/aromatic N) is 3. The number of guanidine groups is 1. The third kappa shape index (κ3) is 5.78. The van der Waals surface area contributed by atoms with Gasteiger partial charge in [0.05, 0.1) is 12.2 Å². The van der Waals surface area contributed by atoms with Crippen molar-refractivity contribution in [2.75, 3.05) is 18.5 Å². The first kappa shape index (κ1) is 23.1. The van der Waals surface area contributed by atoms with Crippen molar-refractivity contribution in [2.24, 2.45) is 4.99 Å². The Balaban J connectivity index is 0.00000272. The van der Waals surface area contributed by atoms with Crippen LogP contribution in [-0.2, 0) is 26.1 Å². The molecule has 0 amide bonds. The molecule has 4 rings (SSSR count). The van der Waals surface area contributed by atoms with Crippen LogP contribution in [0.4, 0.5) is 5.69 Å². The number of aryl methyl sites for hydroxylation is 2. The second kappa shape index (κ2) is 10.7. The van der Waals surface area contributed by atoms with Crippen molar-refractivity contribution >= 4 is 35.6 Å². The Morgan fingerprint density at radius 2 is 1.74 bits per heavy atom. The third-order valence-corrected chi connectivity index (χ3v) is 5.54. The first-order valence-corrected chi connectivity index (χ1v) is 10.4. The molecule has 2 N–H and O–H groups in total. The SMILES string of the molecule is CN=C(NCc1ccc(CN2CCc3ccccc32)cc1)NCc1nc(C)c(C)o1.I. The van der Waals surface area contributed by atoms with Gasteiger partial charge in [-0.05, 0) is 43.0 Å². The highest BCUT2D eigenvalue weighted by Crippen LogP contribution is 2.28. The van der Waals surface area contributed by atoms with Crippen LogP contribution in [0.25, 0.3) is 0 Å². The van der Waals surface area contributed by atoms with E-state index in [1.165, 1.54) is 22.4 Å². The minimum Gasteiger partial charge on any atom is -0.444 e. The van der Waals surface area contributed by atoms with Crippen molar-refractivity contribution < 1.29 is 4.42 Å². The fourth-order valence-electron chi connectivity index (χ4n) is 3.73. The quantitative estimate of drug-likeness (QED) is 0.282. The summed E-state index contributed by atoms with van der Waals surface area (Å²) in [7, 11) is 1.76. The molecule has 0 bridgehead atoms. The van der Waals surface area contributed by atoms with E-state index in [0.29, 0.717) is 19.0 Å². The lowest BCUT2D eigenvalue weighted by Crippen LogP contribution is -2.36. The number of aromatic nitrogens is 1. The lowest BCUT2D eigenvalue weighted by molar-refractivity contribution is 0.463. The minimum atomic E-state index is 0. The standard InChI is InChI=1S/C24H29N5O.HI/c1-17-18(2)30-23(28-17)15-27-24(25-3)26-14-19-8-10-20(11-9-19)16-29-13-12-21-6-4-5-7-22(21)29;/h4-11H,12-16H2,1-3H3,(H2,25,26,27);1H. The Morgan fingerprint density at radius 1 is 1.03 bits per heavy atom. The number of oxazole rings is 1. The van der Waals surface area contributed by atoms with Crippen molar-refractivity contribution in [3.05, 3.63) is 82.6 Å². The van der Waals surface area contributed by atoms with Gasteiger partial charge < -0.3 is 20.0 Å². The monoisotopic (exact) mass is 531 g/mol. The van der Waals surface area contributed by atoms with Crippen LogP contribution >= 0.6 is 24.0 Å². The maximum Gasteiger partial charge on any atom is 0.214 e. The van der Waals surface area contributed by atoms with Crippen molar-refractivity contribution in [2.45, 2.75) is 39.9 Å². The predicted molar refractivity (Wildman–Crippen MR) is 136 cm³/mol. The first-order chi connectivity index (χ1) is 14.6. The smallest absolute Gasteiger partial charge is 0.214 e. The Hall–Kier alpha value is -2.55. The summed E-state index contributed by atoms with van der Waals surface area (Å²) in [5.41, 5.74) is 6.29. The summed E-state index contributed by atoms with van der Waals surface area (Å²) in [5.74, 6) is 2.24. The van der Waals surface area contributed by atoms with Gasteiger partial charge in [-0.15, -0.1) is 24.0 Å². The number of halogens is 1. The molecular formula is C24H30IN5O. The zero-order valence-electron chi connectivity index (χ0n) is 18.3. The Morgan fingerprint density at radius 3 is 2.45 bits per heavy atom. The first-order valence-electron chi connectivity index (χ1n) is 10.4. The van der Waals surface area contributed by atoms with Crippen LogP contribution in [0.2, 0.25) is 0 Å². The largest absolute Gasteiger partial charge is 0.444 e. The molecule has 0 spiro atoms. The van der Waals surface area contributed by atoms with Gasteiger partial charge in [0.25, 0.3) is 0 Å². The van der Waals surface area contributed by atoms with Crippen LogP contribution in [0, 0.1) is 13.8 Å². The second-order valence-corrected chi connectivity index (χ2v) is 7.65. The maximum atomic E-state index is 5.60. The highest BCUT2D eigenvalue weighted by Gasteiger charge is 2.18. The van der Waals surface area contributed by atoms with Crippen LogP contribution in [0.15, 0.2) is 57.9 Å². The van der Waals surface area contributed by atoms with Crippen molar-refractivity contribution in [3.8, 4) is 0 Å². The van der Waals surface area contributed by atoms with Crippen molar-refractivity contribution in [1.29, 1.82) is 0 Å². The molecule has 0 fully saturated rings. The molecule has 3 aromatic rings. The number of anilines is 1. The summed E-state index contributed by atoms with van der Waals surface area (Å²) >= 11 is 0. The number of benzene rings is 2. The number of aliphatic imine (C=N–C) groups is 1. The number of hydrogen-bond acceptors (Lipinski definition) is 4. The van der Waals surface area contributed by atoms with E-state index >= 15 is 0 Å². The molecule has 2 heterocycles. The molecular weight excluding hydrogens is 501 g/mol. The maximum absolute atomic E-state index is 5.60. The number of rotatable bonds is 6. The molecule has 1 aliphatic heterocycles. The van der Waals surface area contributed by atoms with E-state index in [-0.39, 0.29) is 24.0 Å². The van der Waals surface area contributed by atoms with Gasteiger partial charge in [0.15, 0.2) is 5.96 Å². The number of nitrogens with one attached hydrogen (secondary N) is 2. The minimum absolute atomic E-state index is 0. The van der Waals surface area contributed by atoms with Crippen LogP contribution in [0.1, 0.15) is 34.0 Å². The zero-order chi connectivity index (χ0) is 20.9. The highest BCUT2D eigenvalue weighted by molar-refractivity contribution is 14.0. The summed E-state index contributed by atoms with van der Waals surface area (Å²) in [5, 5.41) is 6.58. The summed E-state index contributed by atoms with van der Waals surface area (Å²) in [6.07, 6.45) is 1.14. The van der Waals surface area contributed by atoms with Crippen LogP contribution in [0.3, 0.4) is 0 Å². The Labute approximate surface area is 201 Å². The third-order valence-electron chi connectivity index (χ3n) is 5.54. The van der Waals surface area contributed by atoms with E-state index in [1.54, 1.807) is 7.05 Å². The molecule has 31 heavy (non-hydrogen) atoms. The van der Waals surface area contributed by atoms with Gasteiger partial charge in [-0.1, -0.05) is 42.5 Å². The van der Waals surface area contributed by atoms with Gasteiger partial charge in [-0.25, -0.2) is 4.98 Å². The summed E-state index contributed by atoms with van der Waals surface area (Å²) in [4.78, 5) is 11.1. The van der Waals surface area contributed by atoms with Gasteiger partial charge >= 0.3 is 0 Å². The molecule has 6 nitrogen and oxygen atoms in total. The Kier molecular flexibility index (Phi) is 7.95. The Bertz CT molecular complexity index is 1010. The zero-order valence-corrected chi connectivity index (χ0v) is 20.6. The highest BCUT2D eigenvalue weighted by atomic mass is 127. The van der Waals surface area contributed by atoms with Crippen LogP contribution in [-0.4, -0.2) is 24.5 Å². The van der Waals surface area contributed by atoms with Crippen molar-refractivity contribution in [1.82, 2.24) is 15.6 Å². The van der Waals surface area contributed by atoms with Gasteiger partial charge in [0, 0.05) is 32.4 Å². The fourth-order valence-corrected chi connectivity index (χ4v) is 3.73. The van der Waals surface area contributed by atoms with Gasteiger partial charge in [0.1, 0.15) is 5.76 Å². The summed E-state index contributed by atoms with van der Waals surface area (Å²) in [6.45, 7) is 7.12. The van der Waals surface area contributed by atoms with E-state index in [1.807, 2.05) is 13.8 Å². The normalized spacial score (nSPS) is 13.0. The predicted octanol–water partition coefficient (Wildman–Crippen LogP) is 4.34. The van der Waals surface area contributed by atoms with Gasteiger partial charge in [-0.3, -0.25) is 4.99 Å². The number of para-hydroxylation sites is 1. The molecule has 0 saturated heterocycles. The van der Waals surface area contributed by atoms with Crippen LogP contribution in [0.5, 0.6) is 0 Å². The summed E-state index contributed by atoms with van der Waals surface area (Å²) in [6, 6.07) is 17.5. The van der Waals surface area contributed by atoms with E-state index in [4.69, 9.17) is 4.42 Å². The lowest BCUT2D eigenvalue weighted by Gasteiger charge is -2.19. The number of fused-ring (bicyclic) bond motifs is 1. The van der Waals surface area contributed by atoms with E-state index in [2.05, 4.69) is 74.0 Å². The van der Waals surface area contributed by atoms with Gasteiger partial charge in [-0.2, -0.15) is 0 Å². The molecule has 0 atom stereocenters. The summed E-state index contributed by atoms with van der Waals surface area (Å²) < 4.78 is 5.60. The second-order valence-electron chi connectivity index (χ2n) is 7.65. The van der Waals surface area contributed by atoms with E-state index in [9.17, 15) is 0 Å². The molecule has 0 unspecified atom stereocenters. The van der Waals surface area contributed by atoms with E-state index in [0.717, 1.165) is 36.9 Å². The molecule has 2 aromatic carbocycles. The average molecular weight is 531 g/mol. The lowest BCUT2D eigenvalue weighted by atomic mass is 10.1. The van der Waals surface area contributed by atoms with Gasteiger partial charge in [0.2, 0.25) is 5.89 Å². The average Bonchev–Trinajstić information content (AvgIpc) is 3.32. The van der Waals surface area contributed by atoms with Crippen molar-refractivity contribution in [3.63, 3.8) is 0 Å². The molecule has 7 heteroatoms. The molecule has 0 aliphatic carbocycles.